The molecule has 5 nitrogen and oxygen atoms in total. The smallest absolute Gasteiger partial charge is 0.195 e. The number of nitrogens with zero attached hydrogens (tertiary/aromatic N) is 1. The molecule has 2 aromatic heterocycles. The Kier molecular flexibility index (Phi) is 5.85. The second kappa shape index (κ2) is 9.25. The quantitative estimate of drug-likeness (QED) is 0.293. The Morgan fingerprint density at radius 3 is 2.15 bits per heavy atom. The predicted octanol–water partition coefficient (Wildman–Crippen LogP) is 6.68. The Bertz CT molecular complexity index is 1280. The first-order chi connectivity index (χ1) is 16.2. The standard InChI is InChI=1S/C28H26N2O3/c1-31-22-14-10-19(11-15-22)27-28(20-12-16-23(32-2)17-13-20)33-26(30-27)9-5-6-21-18-29-25-8-4-3-7-24(21)25/h3-4,7-8,10-18,29H,5-6,9H2,1-2H3. The molecule has 5 aromatic rings. The highest BCUT2D eigenvalue weighted by molar-refractivity contribution is 5.83. The zero-order valence-electron chi connectivity index (χ0n) is 18.8. The van der Waals surface area contributed by atoms with Crippen LogP contribution >= 0.6 is 0 Å². The average Bonchev–Trinajstić information content (AvgIpc) is 3.49. The third kappa shape index (κ3) is 4.35. The molecule has 3 aromatic carbocycles. The van der Waals surface area contributed by atoms with Crippen molar-refractivity contribution in [3.63, 3.8) is 0 Å². The minimum Gasteiger partial charge on any atom is -0.497 e. The van der Waals surface area contributed by atoms with Crippen LogP contribution in [0.1, 0.15) is 17.9 Å². The number of ether oxygens (including phenoxy) is 2. The average molecular weight is 439 g/mol. The van der Waals surface area contributed by atoms with Crippen LogP contribution in [0.15, 0.2) is 83.4 Å². The first kappa shape index (κ1) is 20.9. The highest BCUT2D eigenvalue weighted by Gasteiger charge is 2.17. The fourth-order valence-electron chi connectivity index (χ4n) is 4.12. The SMILES string of the molecule is COc1ccc(-c2nc(CCCc3c[nH]c4ccccc34)oc2-c2ccc(OC)cc2)cc1. The van der Waals surface area contributed by atoms with Crippen LogP contribution in [-0.2, 0) is 12.8 Å². The molecule has 2 heterocycles. The van der Waals surface area contributed by atoms with E-state index in [1.807, 2.05) is 48.5 Å². The summed E-state index contributed by atoms with van der Waals surface area (Å²) in [6.45, 7) is 0. The van der Waals surface area contributed by atoms with Crippen molar-refractivity contribution in [3.05, 3.63) is 90.4 Å². The van der Waals surface area contributed by atoms with E-state index in [1.165, 1.54) is 16.5 Å². The maximum atomic E-state index is 6.30. The Hall–Kier alpha value is -3.99. The van der Waals surface area contributed by atoms with Gasteiger partial charge in [0, 0.05) is 34.6 Å². The van der Waals surface area contributed by atoms with Crippen molar-refractivity contribution in [2.45, 2.75) is 19.3 Å². The van der Waals surface area contributed by atoms with Crippen molar-refractivity contribution in [3.8, 4) is 34.1 Å². The van der Waals surface area contributed by atoms with Gasteiger partial charge in [0.05, 0.1) is 14.2 Å². The highest BCUT2D eigenvalue weighted by Crippen LogP contribution is 2.34. The number of aromatic amines is 1. The molecule has 0 aliphatic heterocycles. The monoisotopic (exact) mass is 438 g/mol. The molecule has 5 rings (SSSR count). The zero-order valence-corrected chi connectivity index (χ0v) is 18.8. The molecular weight excluding hydrogens is 412 g/mol. The predicted molar refractivity (Wildman–Crippen MR) is 131 cm³/mol. The maximum Gasteiger partial charge on any atom is 0.195 e. The number of aryl methyl sites for hydroxylation is 2. The second-order valence-corrected chi connectivity index (χ2v) is 7.96. The third-order valence-electron chi connectivity index (χ3n) is 5.90. The van der Waals surface area contributed by atoms with E-state index in [1.54, 1.807) is 14.2 Å². The Labute approximate surface area is 193 Å². The van der Waals surface area contributed by atoms with Crippen molar-refractivity contribution >= 4 is 10.9 Å². The molecule has 0 saturated heterocycles. The van der Waals surface area contributed by atoms with E-state index >= 15 is 0 Å². The molecule has 33 heavy (non-hydrogen) atoms. The fraction of sp³-hybridized carbons (Fsp3) is 0.179. The summed E-state index contributed by atoms with van der Waals surface area (Å²) < 4.78 is 16.9. The van der Waals surface area contributed by atoms with Crippen LogP contribution in [0.5, 0.6) is 11.5 Å². The number of benzene rings is 3. The van der Waals surface area contributed by atoms with E-state index in [4.69, 9.17) is 18.9 Å². The molecule has 5 heteroatoms. The van der Waals surface area contributed by atoms with Crippen LogP contribution in [0.25, 0.3) is 33.5 Å². The van der Waals surface area contributed by atoms with Gasteiger partial charge in [-0.05, 0) is 73.0 Å². The van der Waals surface area contributed by atoms with Crippen LogP contribution in [0.3, 0.4) is 0 Å². The number of nitrogens with one attached hydrogen (secondary N) is 1. The lowest BCUT2D eigenvalue weighted by molar-refractivity contribution is 0.414. The summed E-state index contributed by atoms with van der Waals surface area (Å²) in [4.78, 5) is 8.24. The Balaban J connectivity index is 1.41. The van der Waals surface area contributed by atoms with Gasteiger partial charge in [-0.15, -0.1) is 0 Å². The fourth-order valence-corrected chi connectivity index (χ4v) is 4.12. The number of rotatable bonds is 8. The molecule has 1 N–H and O–H groups in total. The third-order valence-corrected chi connectivity index (χ3v) is 5.90. The zero-order chi connectivity index (χ0) is 22.6. The van der Waals surface area contributed by atoms with Crippen LogP contribution in [0.4, 0.5) is 0 Å². The van der Waals surface area contributed by atoms with Gasteiger partial charge in [-0.3, -0.25) is 0 Å². The number of oxazole rings is 1. The second-order valence-electron chi connectivity index (χ2n) is 7.96. The summed E-state index contributed by atoms with van der Waals surface area (Å²) in [5.41, 5.74) is 5.30. The first-order valence-corrected chi connectivity index (χ1v) is 11.1. The number of H-pyrrole nitrogens is 1. The van der Waals surface area contributed by atoms with Gasteiger partial charge in [-0.1, -0.05) is 18.2 Å². The van der Waals surface area contributed by atoms with E-state index in [0.717, 1.165) is 59.2 Å². The van der Waals surface area contributed by atoms with Crippen LogP contribution in [0, 0.1) is 0 Å². The largest absolute Gasteiger partial charge is 0.497 e. The molecule has 0 bridgehead atoms. The minimum atomic E-state index is 0.742. The molecule has 0 atom stereocenters. The molecule has 0 saturated carbocycles. The Morgan fingerprint density at radius 2 is 1.45 bits per heavy atom. The molecule has 0 unspecified atom stereocenters. The lowest BCUT2D eigenvalue weighted by Gasteiger charge is -2.04. The summed E-state index contributed by atoms with van der Waals surface area (Å²) in [5, 5.41) is 1.28. The molecule has 0 aliphatic rings. The number of aromatic nitrogens is 2. The van der Waals surface area contributed by atoms with E-state index in [9.17, 15) is 0 Å². The van der Waals surface area contributed by atoms with Crippen LogP contribution in [-0.4, -0.2) is 24.2 Å². The maximum absolute atomic E-state index is 6.30. The molecule has 0 amide bonds. The summed E-state index contributed by atoms with van der Waals surface area (Å²) in [6.07, 6.45) is 4.78. The van der Waals surface area contributed by atoms with Gasteiger partial charge >= 0.3 is 0 Å². The Morgan fingerprint density at radius 1 is 0.788 bits per heavy atom. The van der Waals surface area contributed by atoms with Gasteiger partial charge in [0.1, 0.15) is 17.2 Å². The number of hydrogen-bond donors (Lipinski definition) is 1. The normalized spacial score (nSPS) is 11.1. The lowest BCUT2D eigenvalue weighted by atomic mass is 10.1. The number of hydrogen-bond acceptors (Lipinski definition) is 4. The number of methoxy groups -OCH3 is 2. The summed E-state index contributed by atoms with van der Waals surface area (Å²) in [6, 6.07) is 24.2. The van der Waals surface area contributed by atoms with Crippen molar-refractivity contribution in [2.75, 3.05) is 14.2 Å². The first-order valence-electron chi connectivity index (χ1n) is 11.1. The van der Waals surface area contributed by atoms with Gasteiger partial charge in [-0.2, -0.15) is 0 Å². The van der Waals surface area contributed by atoms with E-state index in [2.05, 4.69) is 35.4 Å². The van der Waals surface area contributed by atoms with Gasteiger partial charge in [0.15, 0.2) is 11.7 Å². The van der Waals surface area contributed by atoms with Crippen molar-refractivity contribution in [1.29, 1.82) is 0 Å². The van der Waals surface area contributed by atoms with Crippen LogP contribution < -0.4 is 9.47 Å². The minimum absolute atomic E-state index is 0.742. The van der Waals surface area contributed by atoms with Crippen molar-refractivity contribution in [1.82, 2.24) is 9.97 Å². The van der Waals surface area contributed by atoms with Gasteiger partial charge < -0.3 is 18.9 Å². The summed E-state index contributed by atoms with van der Waals surface area (Å²) in [5.74, 6) is 3.13. The molecule has 0 fully saturated rings. The summed E-state index contributed by atoms with van der Waals surface area (Å²) in [7, 11) is 3.33. The topological polar surface area (TPSA) is 60.3 Å². The molecule has 0 aliphatic carbocycles. The molecule has 0 spiro atoms. The lowest BCUT2D eigenvalue weighted by Crippen LogP contribution is -1.90. The molecule has 166 valence electrons. The van der Waals surface area contributed by atoms with Crippen molar-refractivity contribution < 1.29 is 13.9 Å². The number of fused-ring (bicyclic) bond motifs is 1. The number of para-hydroxylation sites is 1. The molecular formula is C28H26N2O3. The van der Waals surface area contributed by atoms with E-state index in [-0.39, 0.29) is 0 Å². The van der Waals surface area contributed by atoms with E-state index in [0.29, 0.717) is 0 Å². The highest BCUT2D eigenvalue weighted by atomic mass is 16.5. The van der Waals surface area contributed by atoms with E-state index < -0.39 is 0 Å². The van der Waals surface area contributed by atoms with Gasteiger partial charge in [-0.25, -0.2) is 4.98 Å². The van der Waals surface area contributed by atoms with Crippen molar-refractivity contribution in [2.24, 2.45) is 0 Å². The molecule has 0 radical (unpaired) electrons. The van der Waals surface area contributed by atoms with Gasteiger partial charge in [0.25, 0.3) is 0 Å². The van der Waals surface area contributed by atoms with Crippen LogP contribution in [0.2, 0.25) is 0 Å². The van der Waals surface area contributed by atoms with Gasteiger partial charge in [0.2, 0.25) is 0 Å². The summed E-state index contributed by atoms with van der Waals surface area (Å²) >= 11 is 0.